The Morgan fingerprint density at radius 3 is 2.36 bits per heavy atom. The van der Waals surface area contributed by atoms with Gasteiger partial charge in [-0.2, -0.15) is 5.10 Å². The predicted octanol–water partition coefficient (Wildman–Crippen LogP) is 1.70. The van der Waals surface area contributed by atoms with Crippen molar-refractivity contribution in [2.75, 3.05) is 0 Å². The molecule has 1 saturated carbocycles. The molecule has 0 bridgehead atoms. The van der Waals surface area contributed by atoms with Gasteiger partial charge in [0.25, 0.3) is 0 Å². The van der Waals surface area contributed by atoms with Crippen molar-refractivity contribution in [2.45, 2.75) is 44.6 Å². The van der Waals surface area contributed by atoms with E-state index < -0.39 is 5.60 Å². The fourth-order valence-corrected chi connectivity index (χ4v) is 1.64. The van der Waals surface area contributed by atoms with Crippen LogP contribution >= 0.6 is 0 Å². The van der Waals surface area contributed by atoms with Crippen LogP contribution in [0.3, 0.4) is 0 Å². The first-order chi connectivity index (χ1) is 6.33. The van der Waals surface area contributed by atoms with Crippen molar-refractivity contribution in [1.29, 1.82) is 0 Å². The molecule has 0 saturated heterocycles. The summed E-state index contributed by atoms with van der Waals surface area (Å²) in [5.74, 6) is 0. The van der Waals surface area contributed by atoms with Crippen LogP contribution in [-0.4, -0.2) is 14.9 Å². The van der Waals surface area contributed by atoms with Gasteiger partial charge in [0, 0.05) is 12.5 Å². The lowest BCUT2D eigenvalue weighted by atomic mass is 9.92. The Morgan fingerprint density at radius 1 is 1.43 bits per heavy atom. The van der Waals surface area contributed by atoms with Gasteiger partial charge in [-0.3, -0.25) is 4.68 Å². The molecular formula is C11H18N2O. The molecule has 1 heterocycles. The third-order valence-electron chi connectivity index (χ3n) is 2.85. The zero-order chi connectivity index (χ0) is 10.6. The van der Waals surface area contributed by atoms with E-state index in [0.717, 1.165) is 24.2 Å². The van der Waals surface area contributed by atoms with Gasteiger partial charge in [0.2, 0.25) is 0 Å². The van der Waals surface area contributed by atoms with Gasteiger partial charge >= 0.3 is 0 Å². The predicted molar refractivity (Wildman–Crippen MR) is 55.0 cm³/mol. The first-order valence-corrected chi connectivity index (χ1v) is 5.10. The molecule has 1 aliphatic rings. The molecule has 0 atom stereocenters. The van der Waals surface area contributed by atoms with E-state index in [0.29, 0.717) is 0 Å². The highest BCUT2D eigenvalue weighted by Crippen LogP contribution is 2.45. The Labute approximate surface area is 84.7 Å². The van der Waals surface area contributed by atoms with E-state index in [9.17, 15) is 5.11 Å². The second-order valence-corrected chi connectivity index (χ2v) is 5.32. The minimum absolute atomic E-state index is 0.0568. The molecule has 0 amide bonds. The van der Waals surface area contributed by atoms with Crippen LogP contribution in [0.5, 0.6) is 0 Å². The monoisotopic (exact) mass is 194 g/mol. The Bertz CT molecular complexity index is 356. The van der Waals surface area contributed by atoms with E-state index in [1.807, 2.05) is 17.8 Å². The van der Waals surface area contributed by atoms with Crippen LogP contribution in [0.15, 0.2) is 6.07 Å². The van der Waals surface area contributed by atoms with E-state index in [2.05, 4.69) is 25.9 Å². The van der Waals surface area contributed by atoms with Crippen molar-refractivity contribution >= 4 is 0 Å². The van der Waals surface area contributed by atoms with Gasteiger partial charge in [-0.25, -0.2) is 0 Å². The maximum Gasteiger partial charge on any atom is 0.106 e. The third kappa shape index (κ3) is 1.46. The molecule has 0 unspecified atom stereocenters. The first kappa shape index (κ1) is 9.71. The summed E-state index contributed by atoms with van der Waals surface area (Å²) in [7, 11) is 1.90. The van der Waals surface area contributed by atoms with Crippen LogP contribution < -0.4 is 0 Å². The molecule has 2 rings (SSSR count). The number of aromatic nitrogens is 2. The molecule has 3 heteroatoms. The zero-order valence-electron chi connectivity index (χ0n) is 9.33. The van der Waals surface area contributed by atoms with Gasteiger partial charge in [-0.05, 0) is 18.9 Å². The van der Waals surface area contributed by atoms with Crippen LogP contribution in [0.2, 0.25) is 0 Å². The lowest BCUT2D eigenvalue weighted by Crippen LogP contribution is -2.12. The average Bonchev–Trinajstić information content (AvgIpc) is 2.60. The Balaban J connectivity index is 2.40. The van der Waals surface area contributed by atoms with E-state index in [1.165, 1.54) is 0 Å². The Kier molecular flexibility index (Phi) is 1.80. The number of aliphatic hydroxyl groups is 1. The molecule has 1 fully saturated rings. The number of nitrogens with zero attached hydrogens (tertiary/aromatic N) is 2. The van der Waals surface area contributed by atoms with Gasteiger partial charge in [-0.15, -0.1) is 0 Å². The second-order valence-electron chi connectivity index (χ2n) is 5.32. The SMILES string of the molecule is Cn1nc(C(C)(C)C)cc1C1(O)CC1. The Hall–Kier alpha value is -0.830. The summed E-state index contributed by atoms with van der Waals surface area (Å²) in [6.45, 7) is 6.40. The van der Waals surface area contributed by atoms with Gasteiger partial charge in [0.05, 0.1) is 11.4 Å². The summed E-state index contributed by atoms with van der Waals surface area (Å²) in [5, 5.41) is 14.4. The molecule has 1 N–H and O–H groups in total. The Morgan fingerprint density at radius 2 is 2.00 bits per heavy atom. The lowest BCUT2D eigenvalue weighted by Gasteiger charge is -2.13. The molecule has 1 aliphatic carbocycles. The van der Waals surface area contributed by atoms with E-state index >= 15 is 0 Å². The van der Waals surface area contributed by atoms with Gasteiger partial charge in [-0.1, -0.05) is 20.8 Å². The molecule has 78 valence electrons. The lowest BCUT2D eigenvalue weighted by molar-refractivity contribution is 0.141. The maximum atomic E-state index is 10.00. The van der Waals surface area contributed by atoms with Crippen LogP contribution in [0.4, 0.5) is 0 Å². The van der Waals surface area contributed by atoms with Gasteiger partial charge in [0.15, 0.2) is 0 Å². The maximum absolute atomic E-state index is 10.00. The standard InChI is InChI=1S/C11H18N2O/c1-10(2,3)8-7-9(13(4)12-8)11(14)5-6-11/h7,14H,5-6H2,1-4H3. The van der Waals surface area contributed by atoms with Crippen molar-refractivity contribution in [3.05, 3.63) is 17.5 Å². The average molecular weight is 194 g/mol. The summed E-state index contributed by atoms with van der Waals surface area (Å²) < 4.78 is 1.81. The van der Waals surface area contributed by atoms with E-state index in [4.69, 9.17) is 0 Å². The fourth-order valence-electron chi connectivity index (χ4n) is 1.64. The van der Waals surface area contributed by atoms with Crippen LogP contribution in [0.25, 0.3) is 0 Å². The number of rotatable bonds is 1. The largest absolute Gasteiger partial charge is 0.384 e. The minimum atomic E-state index is -0.578. The molecule has 0 aromatic carbocycles. The van der Waals surface area contributed by atoms with Crippen molar-refractivity contribution in [3.8, 4) is 0 Å². The van der Waals surface area contributed by atoms with E-state index in [-0.39, 0.29) is 5.41 Å². The summed E-state index contributed by atoms with van der Waals surface area (Å²) in [5.41, 5.74) is 1.49. The van der Waals surface area contributed by atoms with Crippen molar-refractivity contribution < 1.29 is 5.11 Å². The van der Waals surface area contributed by atoms with Crippen LogP contribution in [-0.2, 0) is 18.1 Å². The van der Waals surface area contributed by atoms with Crippen molar-refractivity contribution in [2.24, 2.45) is 7.05 Å². The highest BCUT2D eigenvalue weighted by Gasteiger charge is 2.45. The normalized spacial score (nSPS) is 19.8. The molecule has 0 aliphatic heterocycles. The molecule has 0 radical (unpaired) electrons. The van der Waals surface area contributed by atoms with Gasteiger partial charge < -0.3 is 5.11 Å². The first-order valence-electron chi connectivity index (χ1n) is 5.10. The van der Waals surface area contributed by atoms with Crippen LogP contribution in [0, 0.1) is 0 Å². The highest BCUT2D eigenvalue weighted by atomic mass is 16.3. The highest BCUT2D eigenvalue weighted by molar-refractivity contribution is 5.25. The van der Waals surface area contributed by atoms with Crippen molar-refractivity contribution in [3.63, 3.8) is 0 Å². The molecule has 3 nitrogen and oxygen atoms in total. The summed E-state index contributed by atoms with van der Waals surface area (Å²) >= 11 is 0. The number of hydrogen-bond donors (Lipinski definition) is 1. The number of aryl methyl sites for hydroxylation is 1. The smallest absolute Gasteiger partial charge is 0.106 e. The zero-order valence-corrected chi connectivity index (χ0v) is 9.33. The molecule has 14 heavy (non-hydrogen) atoms. The number of hydrogen-bond acceptors (Lipinski definition) is 2. The molecule has 1 aromatic heterocycles. The van der Waals surface area contributed by atoms with Crippen molar-refractivity contribution in [1.82, 2.24) is 9.78 Å². The topological polar surface area (TPSA) is 38.0 Å². The molecule has 1 aromatic rings. The third-order valence-corrected chi connectivity index (χ3v) is 2.85. The van der Waals surface area contributed by atoms with E-state index in [1.54, 1.807) is 0 Å². The quantitative estimate of drug-likeness (QED) is 0.739. The minimum Gasteiger partial charge on any atom is -0.384 e. The van der Waals surface area contributed by atoms with Gasteiger partial charge in [0.1, 0.15) is 5.60 Å². The van der Waals surface area contributed by atoms with Crippen LogP contribution in [0.1, 0.15) is 45.0 Å². The molecule has 0 spiro atoms. The summed E-state index contributed by atoms with van der Waals surface area (Å²) in [6.07, 6.45) is 1.74. The molecular weight excluding hydrogens is 176 g/mol. The summed E-state index contributed by atoms with van der Waals surface area (Å²) in [4.78, 5) is 0. The summed E-state index contributed by atoms with van der Waals surface area (Å²) in [6, 6.07) is 2.03. The second kappa shape index (κ2) is 2.60. The fraction of sp³-hybridized carbons (Fsp3) is 0.727.